The van der Waals surface area contributed by atoms with Crippen LogP contribution in [-0.4, -0.2) is 11.7 Å². The van der Waals surface area contributed by atoms with Gasteiger partial charge in [0.05, 0.1) is 5.02 Å². The first-order valence-corrected chi connectivity index (χ1v) is 7.19. The van der Waals surface area contributed by atoms with Crippen LogP contribution < -0.4 is 9.64 Å². The van der Waals surface area contributed by atoms with E-state index in [1.54, 1.807) is 6.20 Å². The standard InChI is InChI=1S/C17H13ClN2O/c18-15-9-12-10-20(13-5-2-1-3-6-13)11-21-17(12)16-14(15)7-4-8-19-16/h1-9H,10-11H2. The van der Waals surface area contributed by atoms with Crippen molar-refractivity contribution in [3.05, 3.63) is 65.3 Å². The number of ether oxygens (including phenoxy) is 1. The molecular formula is C17H13ClN2O. The highest BCUT2D eigenvalue weighted by Crippen LogP contribution is 2.37. The van der Waals surface area contributed by atoms with Crippen LogP contribution in [0.15, 0.2) is 54.7 Å². The first-order chi connectivity index (χ1) is 10.3. The quantitative estimate of drug-likeness (QED) is 0.671. The fraction of sp³-hybridized carbons (Fsp3) is 0.118. The zero-order valence-corrected chi connectivity index (χ0v) is 12.0. The van der Waals surface area contributed by atoms with Gasteiger partial charge in [0.2, 0.25) is 0 Å². The number of pyridine rings is 1. The van der Waals surface area contributed by atoms with Crippen LogP contribution >= 0.6 is 11.6 Å². The second-order valence-corrected chi connectivity index (χ2v) is 5.46. The van der Waals surface area contributed by atoms with Gasteiger partial charge in [0.1, 0.15) is 5.52 Å². The fourth-order valence-electron chi connectivity index (χ4n) is 2.70. The van der Waals surface area contributed by atoms with Crippen molar-refractivity contribution in [1.82, 2.24) is 4.98 Å². The van der Waals surface area contributed by atoms with Gasteiger partial charge >= 0.3 is 0 Å². The average Bonchev–Trinajstić information content (AvgIpc) is 2.55. The molecule has 0 aliphatic carbocycles. The van der Waals surface area contributed by atoms with E-state index in [1.807, 2.05) is 36.4 Å². The van der Waals surface area contributed by atoms with Gasteiger partial charge in [-0.1, -0.05) is 29.8 Å². The summed E-state index contributed by atoms with van der Waals surface area (Å²) in [4.78, 5) is 6.60. The van der Waals surface area contributed by atoms with Crippen LogP contribution in [0.3, 0.4) is 0 Å². The number of anilines is 1. The molecule has 0 saturated heterocycles. The molecule has 1 aromatic heterocycles. The summed E-state index contributed by atoms with van der Waals surface area (Å²) in [6.07, 6.45) is 1.77. The fourth-order valence-corrected chi connectivity index (χ4v) is 2.99. The summed E-state index contributed by atoms with van der Waals surface area (Å²) < 4.78 is 5.96. The first kappa shape index (κ1) is 12.5. The predicted molar refractivity (Wildman–Crippen MR) is 84.9 cm³/mol. The number of rotatable bonds is 1. The molecule has 0 bridgehead atoms. The van der Waals surface area contributed by atoms with E-state index >= 15 is 0 Å². The third kappa shape index (κ3) is 2.10. The maximum absolute atomic E-state index is 6.37. The van der Waals surface area contributed by atoms with Crippen LogP contribution in [0, 0.1) is 0 Å². The zero-order valence-electron chi connectivity index (χ0n) is 11.3. The van der Waals surface area contributed by atoms with Crippen molar-refractivity contribution in [3.63, 3.8) is 0 Å². The van der Waals surface area contributed by atoms with Crippen LogP contribution in [0.1, 0.15) is 5.56 Å². The number of para-hydroxylation sites is 1. The Kier molecular flexibility index (Phi) is 2.93. The Morgan fingerprint density at radius 3 is 2.81 bits per heavy atom. The summed E-state index contributed by atoms with van der Waals surface area (Å²) in [5, 5.41) is 1.65. The molecule has 104 valence electrons. The van der Waals surface area contributed by atoms with Crippen molar-refractivity contribution in [2.24, 2.45) is 0 Å². The largest absolute Gasteiger partial charge is 0.470 e. The first-order valence-electron chi connectivity index (χ1n) is 6.82. The molecular weight excluding hydrogens is 284 g/mol. The minimum Gasteiger partial charge on any atom is -0.470 e. The van der Waals surface area contributed by atoms with Gasteiger partial charge in [-0.15, -0.1) is 0 Å². The number of fused-ring (bicyclic) bond motifs is 3. The third-order valence-electron chi connectivity index (χ3n) is 3.72. The van der Waals surface area contributed by atoms with E-state index < -0.39 is 0 Å². The van der Waals surface area contributed by atoms with E-state index in [2.05, 4.69) is 22.0 Å². The number of benzene rings is 2. The molecule has 2 aromatic carbocycles. The molecule has 0 fully saturated rings. The molecule has 1 aliphatic rings. The maximum Gasteiger partial charge on any atom is 0.161 e. The molecule has 4 heteroatoms. The summed E-state index contributed by atoms with van der Waals surface area (Å²) in [5.74, 6) is 0.849. The SMILES string of the molecule is Clc1cc2c(c3ncccc13)OCN(c1ccccc1)C2. The number of hydrogen-bond acceptors (Lipinski definition) is 3. The maximum atomic E-state index is 6.37. The van der Waals surface area contributed by atoms with E-state index in [0.29, 0.717) is 6.73 Å². The average molecular weight is 297 g/mol. The summed E-state index contributed by atoms with van der Waals surface area (Å²) in [6.45, 7) is 1.29. The highest BCUT2D eigenvalue weighted by Gasteiger charge is 2.21. The van der Waals surface area contributed by atoms with Crippen molar-refractivity contribution in [2.45, 2.75) is 6.54 Å². The van der Waals surface area contributed by atoms with E-state index in [1.165, 1.54) is 0 Å². The topological polar surface area (TPSA) is 25.4 Å². The molecule has 0 atom stereocenters. The van der Waals surface area contributed by atoms with Gasteiger partial charge in [-0.3, -0.25) is 4.98 Å². The van der Waals surface area contributed by atoms with E-state index in [-0.39, 0.29) is 0 Å². The molecule has 0 saturated carbocycles. The molecule has 0 radical (unpaired) electrons. The molecule has 0 spiro atoms. The molecule has 3 aromatic rings. The van der Waals surface area contributed by atoms with E-state index in [9.17, 15) is 0 Å². The van der Waals surface area contributed by atoms with Crippen molar-refractivity contribution >= 4 is 28.2 Å². The smallest absolute Gasteiger partial charge is 0.161 e. The lowest BCUT2D eigenvalue weighted by atomic mass is 10.1. The minimum atomic E-state index is 0.518. The van der Waals surface area contributed by atoms with Crippen molar-refractivity contribution in [2.75, 3.05) is 11.6 Å². The Bertz CT molecular complexity index is 804. The monoisotopic (exact) mass is 296 g/mol. The van der Waals surface area contributed by atoms with Gasteiger partial charge in [-0.25, -0.2) is 0 Å². The third-order valence-corrected chi connectivity index (χ3v) is 4.03. The molecule has 0 unspecified atom stereocenters. The van der Waals surface area contributed by atoms with E-state index in [4.69, 9.17) is 16.3 Å². The molecule has 2 heterocycles. The van der Waals surface area contributed by atoms with Gasteiger partial charge in [-0.05, 0) is 30.3 Å². The Labute approximate surface area is 127 Å². The molecule has 3 nitrogen and oxygen atoms in total. The van der Waals surface area contributed by atoms with Crippen molar-refractivity contribution in [3.8, 4) is 5.75 Å². The van der Waals surface area contributed by atoms with Gasteiger partial charge in [0.15, 0.2) is 12.5 Å². The summed E-state index contributed by atoms with van der Waals surface area (Å²) in [6, 6.07) is 16.1. The summed E-state index contributed by atoms with van der Waals surface area (Å²) in [7, 11) is 0. The molecule has 0 N–H and O–H groups in total. The lowest BCUT2D eigenvalue weighted by Crippen LogP contribution is -2.32. The van der Waals surface area contributed by atoms with Gasteiger partial charge in [0, 0.05) is 29.4 Å². The zero-order chi connectivity index (χ0) is 14.2. The van der Waals surface area contributed by atoms with Gasteiger partial charge < -0.3 is 9.64 Å². The minimum absolute atomic E-state index is 0.518. The van der Waals surface area contributed by atoms with Gasteiger partial charge in [-0.2, -0.15) is 0 Å². The Balaban J connectivity index is 1.80. The lowest BCUT2D eigenvalue weighted by molar-refractivity contribution is 0.292. The molecule has 21 heavy (non-hydrogen) atoms. The lowest BCUT2D eigenvalue weighted by Gasteiger charge is -2.31. The molecule has 1 aliphatic heterocycles. The van der Waals surface area contributed by atoms with Crippen LogP contribution in [0.2, 0.25) is 5.02 Å². The van der Waals surface area contributed by atoms with Crippen molar-refractivity contribution < 1.29 is 4.74 Å². The second-order valence-electron chi connectivity index (χ2n) is 5.05. The van der Waals surface area contributed by atoms with Crippen LogP contribution in [0.4, 0.5) is 5.69 Å². The Hall–Kier alpha value is -2.26. The predicted octanol–water partition coefficient (Wildman–Crippen LogP) is 4.24. The number of hydrogen-bond donors (Lipinski definition) is 0. The van der Waals surface area contributed by atoms with Crippen LogP contribution in [0.5, 0.6) is 5.75 Å². The van der Waals surface area contributed by atoms with Crippen LogP contribution in [0.25, 0.3) is 10.9 Å². The van der Waals surface area contributed by atoms with Crippen molar-refractivity contribution in [1.29, 1.82) is 0 Å². The molecule has 0 amide bonds. The number of nitrogens with zero attached hydrogens (tertiary/aromatic N) is 2. The summed E-state index contributed by atoms with van der Waals surface area (Å²) in [5.41, 5.74) is 3.05. The highest BCUT2D eigenvalue weighted by atomic mass is 35.5. The Morgan fingerprint density at radius 2 is 1.95 bits per heavy atom. The van der Waals surface area contributed by atoms with Crippen LogP contribution in [-0.2, 0) is 6.54 Å². The van der Waals surface area contributed by atoms with E-state index in [0.717, 1.165) is 39.5 Å². The number of halogens is 1. The van der Waals surface area contributed by atoms with Gasteiger partial charge in [0.25, 0.3) is 0 Å². The highest BCUT2D eigenvalue weighted by molar-refractivity contribution is 6.35. The second kappa shape index (κ2) is 4.93. The number of aromatic nitrogens is 1. The summed E-state index contributed by atoms with van der Waals surface area (Å²) >= 11 is 6.37. The Morgan fingerprint density at radius 1 is 1.10 bits per heavy atom. The normalized spacial score (nSPS) is 13.9. The molecule has 4 rings (SSSR count).